The quantitative estimate of drug-likeness (QED) is 0.0228. The predicted octanol–water partition coefficient (Wildman–Crippen LogP) is 14.0. The second-order valence-corrected chi connectivity index (χ2v) is 19.2. The average molecular weight is 1000 g/mol. The van der Waals surface area contributed by atoms with Crippen LogP contribution in [0.3, 0.4) is 0 Å². The molecule has 0 aromatic rings. The van der Waals surface area contributed by atoms with E-state index in [2.05, 4.69) is 81.5 Å². The minimum Gasteiger partial charge on any atom is -0.479 e. The van der Waals surface area contributed by atoms with Gasteiger partial charge in [-0.3, -0.25) is 14.4 Å². The second kappa shape index (κ2) is 47.4. The van der Waals surface area contributed by atoms with Crippen LogP contribution in [-0.4, -0.2) is 89.2 Å². The van der Waals surface area contributed by atoms with E-state index in [1.807, 2.05) is 0 Å². The number of hydrogen-bond acceptors (Lipinski definition) is 11. The monoisotopic (exact) mass is 1000 g/mol. The van der Waals surface area contributed by atoms with E-state index in [9.17, 15) is 34.5 Å². The van der Waals surface area contributed by atoms with E-state index in [4.69, 9.17) is 23.7 Å². The highest BCUT2D eigenvalue weighted by atomic mass is 16.7. The zero-order valence-corrected chi connectivity index (χ0v) is 44.7. The van der Waals surface area contributed by atoms with E-state index in [0.717, 1.165) is 96.3 Å². The molecule has 0 saturated carbocycles. The van der Waals surface area contributed by atoms with Crippen molar-refractivity contribution in [1.82, 2.24) is 0 Å². The minimum absolute atomic E-state index is 0.0459. The highest BCUT2D eigenvalue weighted by molar-refractivity contribution is 5.74. The van der Waals surface area contributed by atoms with Crippen LogP contribution in [-0.2, 0) is 42.9 Å². The van der Waals surface area contributed by atoms with E-state index in [1.165, 1.54) is 83.5 Å². The Balaban J connectivity index is 2.73. The Morgan fingerprint density at radius 2 is 0.901 bits per heavy atom. The summed E-state index contributed by atoms with van der Waals surface area (Å²) in [5.41, 5.74) is 0. The first-order valence-corrected chi connectivity index (χ1v) is 28.3. The molecular weight excluding hydrogens is 901 g/mol. The minimum atomic E-state index is -1.91. The van der Waals surface area contributed by atoms with Crippen LogP contribution in [0.4, 0.5) is 0 Å². The lowest BCUT2D eigenvalue weighted by Gasteiger charge is -2.40. The standard InChI is InChI=1S/C59H100O12/c1-4-7-10-13-16-19-22-24-26-28-31-33-36-39-42-45-51(60)67-48-50(69-52(61)46-43-40-37-35-32-29-27-25-23-20-17-14-11-8-5-2)49-68-59-57(55(64)54(63)56(71-59)58(65)66)70-53(62)47-44-41-38-34-30-21-18-15-12-9-6-3/h7,10,15-16,18-19,24,26,31,33,50,54-57,59,63-64H,4-6,8-9,11-14,17,20-23,25,27-30,32,34-49H2,1-3H3,(H,65,66)/b10-7-,18-15-,19-16-,26-24-,33-31-. The zero-order valence-electron chi connectivity index (χ0n) is 44.7. The van der Waals surface area contributed by atoms with Gasteiger partial charge in [0.1, 0.15) is 18.8 Å². The third-order valence-electron chi connectivity index (χ3n) is 12.6. The highest BCUT2D eigenvalue weighted by Gasteiger charge is 2.50. The van der Waals surface area contributed by atoms with Crippen molar-refractivity contribution in [3.63, 3.8) is 0 Å². The molecule has 12 heteroatoms. The van der Waals surface area contributed by atoms with E-state index >= 15 is 0 Å². The molecule has 0 radical (unpaired) electrons. The number of allylic oxidation sites excluding steroid dienone is 10. The average Bonchev–Trinajstić information content (AvgIpc) is 3.35. The fourth-order valence-corrected chi connectivity index (χ4v) is 8.22. The second-order valence-electron chi connectivity index (χ2n) is 19.2. The number of hydrogen-bond donors (Lipinski definition) is 3. The first-order chi connectivity index (χ1) is 34.6. The molecule has 1 heterocycles. The maximum Gasteiger partial charge on any atom is 0.335 e. The normalized spacial score (nSPS) is 18.9. The molecule has 1 fully saturated rings. The summed E-state index contributed by atoms with van der Waals surface area (Å²) in [5, 5.41) is 31.4. The predicted molar refractivity (Wildman–Crippen MR) is 285 cm³/mol. The maximum absolute atomic E-state index is 13.1. The van der Waals surface area contributed by atoms with Crippen LogP contribution in [0.5, 0.6) is 0 Å². The van der Waals surface area contributed by atoms with Crippen molar-refractivity contribution >= 4 is 23.9 Å². The molecular formula is C59H100O12. The Morgan fingerprint density at radius 3 is 1.44 bits per heavy atom. The van der Waals surface area contributed by atoms with Gasteiger partial charge in [-0.05, 0) is 77.0 Å². The summed E-state index contributed by atoms with van der Waals surface area (Å²) in [5.74, 6) is -3.18. The van der Waals surface area contributed by atoms with Crippen LogP contribution < -0.4 is 0 Å². The van der Waals surface area contributed by atoms with Gasteiger partial charge in [0.2, 0.25) is 0 Å². The van der Waals surface area contributed by atoms with Crippen LogP contribution in [0.2, 0.25) is 0 Å². The van der Waals surface area contributed by atoms with Crippen molar-refractivity contribution in [2.45, 2.75) is 276 Å². The van der Waals surface area contributed by atoms with Gasteiger partial charge in [-0.2, -0.15) is 0 Å². The molecule has 1 aliphatic rings. The van der Waals surface area contributed by atoms with Gasteiger partial charge in [0.25, 0.3) is 0 Å². The SMILES string of the molecule is CC/C=C\C/C=C\C/C=C\C/C=C\CCCCC(=O)OCC(COC1OC(C(=O)O)C(O)C(O)C1OC(=O)CCCCCCC/C=C\CCCC)OC(=O)CCCCCCCCCCCCCCCCC. The van der Waals surface area contributed by atoms with Crippen molar-refractivity contribution < 1.29 is 58.2 Å². The van der Waals surface area contributed by atoms with Crippen molar-refractivity contribution in [2.24, 2.45) is 0 Å². The van der Waals surface area contributed by atoms with E-state index < -0.39 is 67.3 Å². The fraction of sp³-hybridized carbons (Fsp3) is 0.763. The summed E-state index contributed by atoms with van der Waals surface area (Å²) in [4.78, 5) is 51.0. The van der Waals surface area contributed by atoms with Gasteiger partial charge in [0, 0.05) is 19.3 Å². The summed E-state index contributed by atoms with van der Waals surface area (Å²) in [6.07, 6.45) is 44.9. The largest absolute Gasteiger partial charge is 0.479 e. The smallest absolute Gasteiger partial charge is 0.335 e. The Kier molecular flexibility index (Phi) is 43.7. The summed E-state index contributed by atoms with van der Waals surface area (Å²) in [6.45, 7) is 5.79. The number of carboxylic acid groups (broad SMARTS) is 1. The lowest BCUT2D eigenvalue weighted by atomic mass is 9.98. The topological polar surface area (TPSA) is 175 Å². The molecule has 3 N–H and O–H groups in total. The van der Waals surface area contributed by atoms with Gasteiger partial charge >= 0.3 is 23.9 Å². The van der Waals surface area contributed by atoms with Crippen LogP contribution in [0.15, 0.2) is 60.8 Å². The molecule has 0 aliphatic carbocycles. The van der Waals surface area contributed by atoms with Crippen molar-refractivity contribution in [3.05, 3.63) is 60.8 Å². The molecule has 6 unspecified atom stereocenters. The number of ether oxygens (including phenoxy) is 5. The molecule has 1 rings (SSSR count). The first-order valence-electron chi connectivity index (χ1n) is 28.3. The summed E-state index contributed by atoms with van der Waals surface area (Å²) >= 11 is 0. The Hall–Kier alpha value is -3.58. The first kappa shape index (κ1) is 65.4. The Labute approximate surface area is 430 Å². The van der Waals surface area contributed by atoms with Crippen molar-refractivity contribution in [3.8, 4) is 0 Å². The number of carbonyl (C=O) groups excluding carboxylic acids is 3. The molecule has 12 nitrogen and oxygen atoms in total. The molecule has 1 aliphatic heterocycles. The van der Waals surface area contributed by atoms with Crippen LogP contribution in [0.1, 0.15) is 239 Å². The van der Waals surface area contributed by atoms with Crippen molar-refractivity contribution in [1.29, 1.82) is 0 Å². The number of esters is 3. The van der Waals surface area contributed by atoms with Gasteiger partial charge in [-0.1, -0.05) is 204 Å². The van der Waals surface area contributed by atoms with Gasteiger partial charge in [0.05, 0.1) is 6.61 Å². The molecule has 0 aromatic heterocycles. The number of unbranched alkanes of at least 4 members (excludes halogenated alkanes) is 23. The fourth-order valence-electron chi connectivity index (χ4n) is 8.22. The zero-order chi connectivity index (χ0) is 51.8. The number of aliphatic hydroxyl groups excluding tert-OH is 2. The number of rotatable bonds is 47. The summed E-state index contributed by atoms with van der Waals surface area (Å²) in [6, 6.07) is 0. The van der Waals surface area contributed by atoms with Gasteiger partial charge in [-0.25, -0.2) is 4.79 Å². The maximum atomic E-state index is 13.1. The summed E-state index contributed by atoms with van der Waals surface area (Å²) < 4.78 is 28.3. The van der Waals surface area contributed by atoms with Crippen LogP contribution >= 0.6 is 0 Å². The van der Waals surface area contributed by atoms with Gasteiger partial charge in [0.15, 0.2) is 24.6 Å². The highest BCUT2D eigenvalue weighted by Crippen LogP contribution is 2.26. The van der Waals surface area contributed by atoms with E-state index in [-0.39, 0.29) is 25.9 Å². The van der Waals surface area contributed by atoms with Gasteiger partial charge < -0.3 is 39.0 Å². The number of aliphatic hydroxyl groups is 2. The Bertz CT molecular complexity index is 1470. The Morgan fingerprint density at radius 1 is 0.479 bits per heavy atom. The molecule has 0 aromatic carbocycles. The molecule has 0 amide bonds. The number of carboxylic acids is 1. The van der Waals surface area contributed by atoms with Crippen LogP contribution in [0.25, 0.3) is 0 Å². The number of carbonyl (C=O) groups is 4. The third kappa shape index (κ3) is 37.8. The third-order valence-corrected chi connectivity index (χ3v) is 12.6. The van der Waals surface area contributed by atoms with E-state index in [0.29, 0.717) is 19.3 Å². The molecule has 71 heavy (non-hydrogen) atoms. The lowest BCUT2D eigenvalue weighted by molar-refractivity contribution is -0.301. The van der Waals surface area contributed by atoms with Crippen molar-refractivity contribution in [2.75, 3.05) is 13.2 Å². The number of aliphatic carboxylic acids is 1. The summed E-state index contributed by atoms with van der Waals surface area (Å²) in [7, 11) is 0. The molecule has 408 valence electrons. The molecule has 0 spiro atoms. The van der Waals surface area contributed by atoms with Gasteiger partial charge in [-0.15, -0.1) is 0 Å². The molecule has 1 saturated heterocycles. The lowest BCUT2D eigenvalue weighted by Crippen LogP contribution is -2.61. The van der Waals surface area contributed by atoms with E-state index in [1.54, 1.807) is 0 Å². The molecule has 0 bridgehead atoms. The molecule has 6 atom stereocenters. The van der Waals surface area contributed by atoms with Crippen LogP contribution in [0, 0.1) is 0 Å².